The van der Waals surface area contributed by atoms with Gasteiger partial charge in [0.1, 0.15) is 0 Å². The lowest BCUT2D eigenvalue weighted by Crippen LogP contribution is -1.79. The number of hydrogen-bond donors (Lipinski definition) is 0. The smallest absolute Gasteiger partial charge is 0.0175 e. The highest BCUT2D eigenvalue weighted by Crippen LogP contribution is 2.21. The molecule has 0 bridgehead atoms. The van der Waals surface area contributed by atoms with E-state index in [2.05, 4.69) is 141 Å². The van der Waals surface area contributed by atoms with Gasteiger partial charge in [-0.15, -0.1) is 0 Å². The number of benzene rings is 4. The number of rotatable bonds is 4. The molecule has 0 amide bonds. The Kier molecular flexibility index (Phi) is 5.90. The molecule has 0 N–H and O–H groups in total. The maximum Gasteiger partial charge on any atom is 0.0175 e. The minimum absolute atomic E-state index is 1.10. The molecule has 136 valence electrons. The van der Waals surface area contributed by atoms with Gasteiger partial charge in [0, 0.05) is 8.95 Å². The Morgan fingerprint density at radius 2 is 0.750 bits per heavy atom. The van der Waals surface area contributed by atoms with Crippen molar-refractivity contribution >= 4 is 66.9 Å². The molecule has 0 saturated heterocycles. The van der Waals surface area contributed by atoms with Crippen LogP contribution < -0.4 is 0 Å². The van der Waals surface area contributed by atoms with Gasteiger partial charge < -0.3 is 0 Å². The minimum Gasteiger partial charge on any atom is -0.0544 e. The van der Waals surface area contributed by atoms with Crippen LogP contribution in [0.1, 0.15) is 22.3 Å². The maximum atomic E-state index is 3.47. The third-order valence-corrected chi connectivity index (χ3v) is 5.62. The average Bonchev–Trinajstić information content (AvgIpc) is 2.72. The SMILES string of the molecule is Brc1ccc(/C=C/c2ccc3ccc(/C=C/c4ccc(Br)cc4)cc3c2)cc1. The Labute approximate surface area is 182 Å². The molecule has 0 fully saturated rings. The summed E-state index contributed by atoms with van der Waals surface area (Å²) in [4.78, 5) is 0. The summed E-state index contributed by atoms with van der Waals surface area (Å²) in [6, 6.07) is 29.8. The van der Waals surface area contributed by atoms with Gasteiger partial charge in [-0.3, -0.25) is 0 Å². The summed E-state index contributed by atoms with van der Waals surface area (Å²) in [7, 11) is 0. The lowest BCUT2D eigenvalue weighted by Gasteiger charge is -2.02. The quantitative estimate of drug-likeness (QED) is 0.251. The van der Waals surface area contributed by atoms with Crippen molar-refractivity contribution in [1.82, 2.24) is 0 Å². The number of halogens is 2. The van der Waals surface area contributed by atoms with Crippen LogP contribution >= 0.6 is 31.9 Å². The van der Waals surface area contributed by atoms with Crippen molar-refractivity contribution in [3.05, 3.63) is 116 Å². The van der Waals surface area contributed by atoms with Crippen molar-refractivity contribution in [2.24, 2.45) is 0 Å². The molecule has 0 unspecified atom stereocenters. The van der Waals surface area contributed by atoms with Gasteiger partial charge in [-0.05, 0) is 69.4 Å². The molecule has 0 aromatic heterocycles. The third kappa shape index (κ3) is 4.89. The highest BCUT2D eigenvalue weighted by atomic mass is 79.9. The Hall–Kier alpha value is -2.42. The second-order valence-corrected chi connectivity index (χ2v) is 8.47. The molecule has 0 nitrogen and oxygen atoms in total. The zero-order valence-electron chi connectivity index (χ0n) is 15.1. The van der Waals surface area contributed by atoms with E-state index in [-0.39, 0.29) is 0 Å². The number of fused-ring (bicyclic) bond motifs is 1. The van der Waals surface area contributed by atoms with Crippen molar-refractivity contribution in [3.63, 3.8) is 0 Å². The van der Waals surface area contributed by atoms with Gasteiger partial charge in [-0.1, -0.05) is 105 Å². The molecule has 0 heterocycles. The predicted molar refractivity (Wildman–Crippen MR) is 130 cm³/mol. The standard InChI is InChI=1S/C26H18Br2/c27-25-13-7-19(8-14-25)1-3-21-5-11-23-12-6-22(18-24(23)17-21)4-2-20-9-15-26(28)16-10-20/h1-18H/b3-1+,4-2+. The van der Waals surface area contributed by atoms with E-state index >= 15 is 0 Å². The van der Waals surface area contributed by atoms with Gasteiger partial charge in [0.05, 0.1) is 0 Å². The predicted octanol–water partition coefficient (Wildman–Crippen LogP) is 8.71. The van der Waals surface area contributed by atoms with Crippen molar-refractivity contribution in [3.8, 4) is 0 Å². The Bertz CT molecular complexity index is 1060. The first kappa shape index (κ1) is 18.9. The van der Waals surface area contributed by atoms with Crippen LogP contribution in [0.2, 0.25) is 0 Å². The normalized spacial score (nSPS) is 11.6. The number of hydrogen-bond acceptors (Lipinski definition) is 0. The Morgan fingerprint density at radius 1 is 0.393 bits per heavy atom. The first-order chi connectivity index (χ1) is 13.7. The average molecular weight is 490 g/mol. The lowest BCUT2D eigenvalue weighted by atomic mass is 10.0. The van der Waals surface area contributed by atoms with Crippen LogP contribution in [0.5, 0.6) is 0 Å². The van der Waals surface area contributed by atoms with Crippen LogP contribution in [0.3, 0.4) is 0 Å². The largest absolute Gasteiger partial charge is 0.0544 e. The van der Waals surface area contributed by atoms with Crippen molar-refractivity contribution in [1.29, 1.82) is 0 Å². The monoisotopic (exact) mass is 488 g/mol. The van der Waals surface area contributed by atoms with Gasteiger partial charge in [0.15, 0.2) is 0 Å². The molecule has 0 aliphatic rings. The summed E-state index contributed by atoms with van der Waals surface area (Å²) in [5.41, 5.74) is 4.78. The molecule has 0 aliphatic carbocycles. The fraction of sp³-hybridized carbons (Fsp3) is 0. The summed E-state index contributed by atoms with van der Waals surface area (Å²) >= 11 is 6.95. The zero-order valence-corrected chi connectivity index (χ0v) is 18.3. The van der Waals surface area contributed by atoms with Gasteiger partial charge >= 0.3 is 0 Å². The van der Waals surface area contributed by atoms with E-state index in [1.54, 1.807) is 0 Å². The summed E-state index contributed by atoms with van der Waals surface area (Å²) in [6.07, 6.45) is 8.61. The van der Waals surface area contributed by atoms with E-state index in [4.69, 9.17) is 0 Å². The van der Waals surface area contributed by atoms with E-state index in [1.165, 1.54) is 33.0 Å². The van der Waals surface area contributed by atoms with Gasteiger partial charge in [0.2, 0.25) is 0 Å². The van der Waals surface area contributed by atoms with E-state index in [9.17, 15) is 0 Å². The molecule has 4 aromatic carbocycles. The third-order valence-electron chi connectivity index (χ3n) is 4.56. The van der Waals surface area contributed by atoms with Crippen molar-refractivity contribution in [2.45, 2.75) is 0 Å². The Morgan fingerprint density at radius 3 is 1.18 bits per heavy atom. The molecule has 28 heavy (non-hydrogen) atoms. The van der Waals surface area contributed by atoms with E-state index in [0.29, 0.717) is 0 Å². The first-order valence-electron chi connectivity index (χ1n) is 9.07. The summed E-state index contributed by atoms with van der Waals surface area (Å²) in [5, 5.41) is 2.50. The van der Waals surface area contributed by atoms with Crippen molar-refractivity contribution in [2.75, 3.05) is 0 Å². The highest BCUT2D eigenvalue weighted by Gasteiger charge is 1.97. The van der Waals surface area contributed by atoms with E-state index in [0.717, 1.165) is 8.95 Å². The lowest BCUT2D eigenvalue weighted by molar-refractivity contribution is 1.61. The Balaban J connectivity index is 1.57. The first-order valence-corrected chi connectivity index (χ1v) is 10.7. The second kappa shape index (κ2) is 8.72. The van der Waals surface area contributed by atoms with Crippen molar-refractivity contribution < 1.29 is 0 Å². The molecule has 4 aromatic rings. The van der Waals surface area contributed by atoms with Crippen LogP contribution in [0.15, 0.2) is 93.9 Å². The minimum atomic E-state index is 1.10. The summed E-state index contributed by atoms with van der Waals surface area (Å²) in [5.74, 6) is 0. The highest BCUT2D eigenvalue weighted by molar-refractivity contribution is 9.10. The van der Waals surface area contributed by atoms with Gasteiger partial charge in [-0.25, -0.2) is 0 Å². The summed E-state index contributed by atoms with van der Waals surface area (Å²) in [6.45, 7) is 0. The van der Waals surface area contributed by atoms with E-state index < -0.39 is 0 Å². The van der Waals surface area contributed by atoms with Crippen LogP contribution in [0, 0.1) is 0 Å². The maximum absolute atomic E-state index is 3.47. The molecule has 0 saturated carbocycles. The molecular formula is C26H18Br2. The van der Waals surface area contributed by atoms with Gasteiger partial charge in [-0.2, -0.15) is 0 Å². The molecule has 4 rings (SSSR count). The molecular weight excluding hydrogens is 472 g/mol. The molecule has 0 spiro atoms. The topological polar surface area (TPSA) is 0 Å². The van der Waals surface area contributed by atoms with E-state index in [1.807, 2.05) is 0 Å². The van der Waals surface area contributed by atoms with Crippen LogP contribution in [0.25, 0.3) is 35.1 Å². The zero-order chi connectivity index (χ0) is 19.3. The fourth-order valence-corrected chi connectivity index (χ4v) is 3.55. The second-order valence-electron chi connectivity index (χ2n) is 6.64. The molecule has 2 heteroatoms. The fourth-order valence-electron chi connectivity index (χ4n) is 3.02. The van der Waals surface area contributed by atoms with Gasteiger partial charge in [0.25, 0.3) is 0 Å². The molecule has 0 radical (unpaired) electrons. The van der Waals surface area contributed by atoms with Crippen LogP contribution in [0.4, 0.5) is 0 Å². The summed E-state index contributed by atoms with van der Waals surface area (Å²) < 4.78 is 2.19. The van der Waals surface area contributed by atoms with Crippen LogP contribution in [-0.4, -0.2) is 0 Å². The van der Waals surface area contributed by atoms with Crippen LogP contribution in [-0.2, 0) is 0 Å². The molecule has 0 aliphatic heterocycles. The molecule has 0 atom stereocenters.